The highest BCUT2D eigenvalue weighted by molar-refractivity contribution is 5.89. The summed E-state index contributed by atoms with van der Waals surface area (Å²) in [5.74, 6) is -2.91. The molecule has 19 heavy (non-hydrogen) atoms. The van der Waals surface area contributed by atoms with Crippen molar-refractivity contribution in [3.05, 3.63) is 29.8 Å². The first kappa shape index (κ1) is 14.9. The van der Waals surface area contributed by atoms with Gasteiger partial charge in [0.05, 0.1) is 0 Å². The fourth-order valence-electron chi connectivity index (χ4n) is 1.35. The van der Waals surface area contributed by atoms with Gasteiger partial charge in [0.2, 0.25) is 0 Å². The third kappa shape index (κ3) is 5.80. The number of anilines is 1. The summed E-state index contributed by atoms with van der Waals surface area (Å²) in [5.41, 5.74) is 0.141. The van der Waals surface area contributed by atoms with Crippen LogP contribution in [0.4, 0.5) is 19.3 Å². The van der Waals surface area contributed by atoms with E-state index in [1.165, 1.54) is 6.07 Å². The average Bonchev–Trinajstić information content (AvgIpc) is 2.33. The zero-order valence-corrected chi connectivity index (χ0v) is 10.1. The predicted octanol–water partition coefficient (Wildman–Crippen LogP) is 2.34. The van der Waals surface area contributed by atoms with Gasteiger partial charge in [0.1, 0.15) is 0 Å². The van der Waals surface area contributed by atoms with E-state index >= 15 is 0 Å². The molecule has 0 saturated carbocycles. The highest BCUT2D eigenvalue weighted by Crippen LogP contribution is 2.12. The molecule has 0 unspecified atom stereocenters. The van der Waals surface area contributed by atoms with Gasteiger partial charge in [-0.25, -0.2) is 13.6 Å². The van der Waals surface area contributed by atoms with Crippen molar-refractivity contribution in [1.29, 1.82) is 0 Å². The number of urea groups is 1. The van der Waals surface area contributed by atoms with Crippen LogP contribution in [0.3, 0.4) is 0 Å². The fraction of sp³-hybridized carbons (Fsp3) is 0.333. The molecule has 0 radical (unpaired) electrons. The van der Waals surface area contributed by atoms with Gasteiger partial charge in [-0.1, -0.05) is 0 Å². The predicted molar refractivity (Wildman–Crippen MR) is 64.9 cm³/mol. The Morgan fingerprint density at radius 1 is 1.16 bits per heavy atom. The lowest BCUT2D eigenvalue weighted by atomic mass is 10.2. The van der Waals surface area contributed by atoms with Crippen molar-refractivity contribution in [2.45, 2.75) is 19.3 Å². The molecule has 104 valence electrons. The number of nitrogens with one attached hydrogen (secondary N) is 2. The SMILES string of the molecule is O=C(O)CCCCNC(=O)Nc1ccc(F)c(F)c1. The number of hydrogen-bond donors (Lipinski definition) is 3. The van der Waals surface area contributed by atoms with Gasteiger partial charge < -0.3 is 15.7 Å². The molecule has 0 aliphatic rings. The molecular formula is C12H14F2N2O3. The van der Waals surface area contributed by atoms with Gasteiger partial charge in [0.15, 0.2) is 11.6 Å². The number of carbonyl (C=O) groups is 2. The van der Waals surface area contributed by atoms with Crippen molar-refractivity contribution >= 4 is 17.7 Å². The molecule has 1 aromatic rings. The summed E-state index contributed by atoms with van der Waals surface area (Å²) >= 11 is 0. The Morgan fingerprint density at radius 3 is 2.53 bits per heavy atom. The van der Waals surface area contributed by atoms with Crippen LogP contribution in [-0.4, -0.2) is 23.7 Å². The second kappa shape index (κ2) is 7.30. The zero-order chi connectivity index (χ0) is 14.3. The largest absolute Gasteiger partial charge is 0.481 e. The van der Waals surface area contributed by atoms with Crippen molar-refractivity contribution in [3.63, 3.8) is 0 Å². The molecule has 0 fully saturated rings. The smallest absolute Gasteiger partial charge is 0.319 e. The second-order valence-corrected chi connectivity index (χ2v) is 3.86. The van der Waals surface area contributed by atoms with E-state index in [2.05, 4.69) is 10.6 Å². The van der Waals surface area contributed by atoms with Crippen LogP contribution in [-0.2, 0) is 4.79 Å². The third-order valence-electron chi connectivity index (χ3n) is 2.28. The van der Waals surface area contributed by atoms with Crippen LogP contribution in [0, 0.1) is 11.6 Å². The number of carboxylic acid groups (broad SMARTS) is 1. The minimum absolute atomic E-state index is 0.0481. The summed E-state index contributed by atoms with van der Waals surface area (Å²) in [6, 6.07) is 2.47. The third-order valence-corrected chi connectivity index (χ3v) is 2.28. The Kier molecular flexibility index (Phi) is 5.72. The van der Waals surface area contributed by atoms with Crippen LogP contribution >= 0.6 is 0 Å². The molecule has 2 amide bonds. The van der Waals surface area contributed by atoms with Gasteiger partial charge in [0, 0.05) is 24.7 Å². The van der Waals surface area contributed by atoms with Gasteiger partial charge in [0.25, 0.3) is 0 Å². The van der Waals surface area contributed by atoms with E-state index in [4.69, 9.17) is 5.11 Å². The van der Waals surface area contributed by atoms with Gasteiger partial charge in [-0.3, -0.25) is 4.79 Å². The number of rotatable bonds is 6. The summed E-state index contributed by atoms with van der Waals surface area (Å²) < 4.78 is 25.5. The maximum Gasteiger partial charge on any atom is 0.319 e. The number of unbranched alkanes of at least 4 members (excludes halogenated alkanes) is 1. The van der Waals surface area contributed by atoms with E-state index in [-0.39, 0.29) is 12.1 Å². The quantitative estimate of drug-likeness (QED) is 0.695. The summed E-state index contributed by atoms with van der Waals surface area (Å²) in [6.07, 6.45) is 1.03. The molecule has 0 saturated heterocycles. The molecule has 1 rings (SSSR count). The van der Waals surface area contributed by atoms with Crippen molar-refractivity contribution in [2.75, 3.05) is 11.9 Å². The fourth-order valence-corrected chi connectivity index (χ4v) is 1.35. The van der Waals surface area contributed by atoms with E-state index in [9.17, 15) is 18.4 Å². The van der Waals surface area contributed by atoms with E-state index < -0.39 is 23.6 Å². The topological polar surface area (TPSA) is 78.4 Å². The first-order chi connectivity index (χ1) is 8.99. The van der Waals surface area contributed by atoms with Gasteiger partial charge >= 0.3 is 12.0 Å². The number of amides is 2. The molecule has 0 heterocycles. The molecule has 0 spiro atoms. The van der Waals surface area contributed by atoms with E-state index in [1.807, 2.05) is 0 Å². The Labute approximate surface area is 108 Å². The first-order valence-electron chi connectivity index (χ1n) is 5.70. The highest BCUT2D eigenvalue weighted by atomic mass is 19.2. The summed E-state index contributed by atoms with van der Waals surface area (Å²) in [6.45, 7) is 0.308. The number of aliphatic carboxylic acids is 1. The number of hydrogen-bond acceptors (Lipinski definition) is 2. The number of halogens is 2. The Morgan fingerprint density at radius 2 is 1.89 bits per heavy atom. The van der Waals surface area contributed by atoms with Gasteiger partial charge in [-0.05, 0) is 25.0 Å². The lowest BCUT2D eigenvalue weighted by molar-refractivity contribution is -0.137. The minimum Gasteiger partial charge on any atom is -0.481 e. The molecule has 5 nitrogen and oxygen atoms in total. The van der Waals surface area contributed by atoms with Crippen molar-refractivity contribution in [2.24, 2.45) is 0 Å². The van der Waals surface area contributed by atoms with Crippen molar-refractivity contribution in [3.8, 4) is 0 Å². The lowest BCUT2D eigenvalue weighted by Crippen LogP contribution is -2.29. The Balaban J connectivity index is 2.27. The number of benzene rings is 1. The normalized spacial score (nSPS) is 10.0. The Bertz CT molecular complexity index is 466. The standard InChI is InChI=1S/C12H14F2N2O3/c13-9-5-4-8(7-10(9)14)16-12(19)15-6-2-1-3-11(17)18/h4-5,7H,1-3,6H2,(H,17,18)(H2,15,16,19). The summed E-state index contributed by atoms with van der Waals surface area (Å²) in [5, 5.41) is 13.2. The van der Waals surface area contributed by atoms with Crippen LogP contribution in [0.15, 0.2) is 18.2 Å². The summed E-state index contributed by atoms with van der Waals surface area (Å²) in [4.78, 5) is 21.6. The zero-order valence-electron chi connectivity index (χ0n) is 10.1. The van der Waals surface area contributed by atoms with E-state index in [0.717, 1.165) is 12.1 Å². The molecule has 7 heteroatoms. The van der Waals surface area contributed by atoms with Crippen LogP contribution in [0.1, 0.15) is 19.3 Å². The van der Waals surface area contributed by atoms with Crippen LogP contribution < -0.4 is 10.6 Å². The molecule has 0 aliphatic heterocycles. The molecule has 0 atom stereocenters. The maximum absolute atomic E-state index is 12.9. The van der Waals surface area contributed by atoms with E-state index in [1.54, 1.807) is 0 Å². The first-order valence-corrected chi connectivity index (χ1v) is 5.70. The molecule has 1 aromatic carbocycles. The van der Waals surface area contributed by atoms with Crippen LogP contribution in [0.25, 0.3) is 0 Å². The van der Waals surface area contributed by atoms with Crippen LogP contribution in [0.2, 0.25) is 0 Å². The minimum atomic E-state index is -1.04. The molecular weight excluding hydrogens is 258 g/mol. The van der Waals surface area contributed by atoms with Gasteiger partial charge in [-0.2, -0.15) is 0 Å². The highest BCUT2D eigenvalue weighted by Gasteiger charge is 2.05. The van der Waals surface area contributed by atoms with E-state index in [0.29, 0.717) is 19.4 Å². The average molecular weight is 272 g/mol. The van der Waals surface area contributed by atoms with Gasteiger partial charge in [-0.15, -0.1) is 0 Å². The summed E-state index contributed by atoms with van der Waals surface area (Å²) in [7, 11) is 0. The monoisotopic (exact) mass is 272 g/mol. The van der Waals surface area contributed by atoms with Crippen molar-refractivity contribution in [1.82, 2.24) is 5.32 Å². The lowest BCUT2D eigenvalue weighted by Gasteiger charge is -2.07. The van der Waals surface area contributed by atoms with Crippen molar-refractivity contribution < 1.29 is 23.5 Å². The molecule has 0 bridgehead atoms. The Hall–Kier alpha value is -2.18. The van der Waals surface area contributed by atoms with Crippen LogP contribution in [0.5, 0.6) is 0 Å². The molecule has 3 N–H and O–H groups in total. The molecule has 0 aliphatic carbocycles. The number of carbonyl (C=O) groups excluding carboxylic acids is 1. The second-order valence-electron chi connectivity index (χ2n) is 3.86. The number of carboxylic acids is 1. The maximum atomic E-state index is 12.9. The molecule has 0 aromatic heterocycles.